The highest BCUT2D eigenvalue weighted by Gasteiger charge is 2.29. The monoisotopic (exact) mass is 428 g/mol. The number of carbonyl (C=O) groups excluding carboxylic acids is 1. The molecule has 2 aliphatic rings. The van der Waals surface area contributed by atoms with Gasteiger partial charge in [0.2, 0.25) is 10.0 Å². The second kappa shape index (κ2) is 9.29. The van der Waals surface area contributed by atoms with Gasteiger partial charge in [0.05, 0.1) is 24.2 Å². The lowest BCUT2D eigenvalue weighted by Crippen LogP contribution is -2.40. The summed E-state index contributed by atoms with van der Waals surface area (Å²) in [5, 5.41) is 3.18. The van der Waals surface area contributed by atoms with Crippen LogP contribution in [0.4, 0.5) is 0 Å². The highest BCUT2D eigenvalue weighted by atomic mass is 32.2. The molecule has 0 spiro atoms. The lowest BCUT2D eigenvalue weighted by molar-refractivity contribution is 0.0730. The summed E-state index contributed by atoms with van der Waals surface area (Å²) >= 11 is 0. The van der Waals surface area contributed by atoms with Crippen molar-refractivity contribution in [1.29, 1.82) is 0 Å². The minimum atomic E-state index is -3.64. The lowest BCUT2D eigenvalue weighted by atomic mass is 9.91. The first kappa shape index (κ1) is 21.0. The molecule has 1 amide bonds. The zero-order chi connectivity index (χ0) is 21.0. The van der Waals surface area contributed by atoms with Gasteiger partial charge in [-0.1, -0.05) is 49.2 Å². The molecule has 1 aliphatic heterocycles. The molecule has 0 radical (unpaired) electrons. The molecule has 0 aromatic heterocycles. The molecule has 2 aromatic rings. The minimum absolute atomic E-state index is 0.0688. The fraction of sp³-hybridized carbons (Fsp3) is 0.435. The van der Waals surface area contributed by atoms with Crippen molar-refractivity contribution in [3.63, 3.8) is 0 Å². The van der Waals surface area contributed by atoms with Crippen LogP contribution in [-0.2, 0) is 14.8 Å². The molecule has 1 heterocycles. The number of amides is 1. The topological polar surface area (TPSA) is 75.7 Å². The van der Waals surface area contributed by atoms with Crippen LogP contribution in [0.3, 0.4) is 0 Å². The summed E-state index contributed by atoms with van der Waals surface area (Å²) in [6, 6.07) is 16.3. The van der Waals surface area contributed by atoms with Gasteiger partial charge in [0.25, 0.3) is 5.91 Å². The smallest absolute Gasteiger partial charge is 0.251 e. The standard InChI is InChI=1S/C23H28N2O4S/c26-23(24-22(19-9-4-5-10-19)18-7-2-1-3-8-18)20-11-6-12-21(17-20)30(27,28)25-13-15-29-16-14-25/h1-3,6-8,11-12,17,19,22H,4-5,9-10,13-16H2,(H,24,26). The molecule has 1 N–H and O–H groups in total. The quantitative estimate of drug-likeness (QED) is 0.765. The number of carbonyl (C=O) groups is 1. The third-order valence-corrected chi connectivity index (χ3v) is 7.92. The van der Waals surface area contributed by atoms with Crippen molar-refractivity contribution in [2.45, 2.75) is 36.6 Å². The third kappa shape index (κ3) is 4.58. The molecule has 1 aliphatic carbocycles. The van der Waals surface area contributed by atoms with Crippen molar-refractivity contribution >= 4 is 15.9 Å². The van der Waals surface area contributed by atoms with Crippen LogP contribution in [0.1, 0.15) is 47.6 Å². The van der Waals surface area contributed by atoms with Crippen LogP contribution in [0.5, 0.6) is 0 Å². The van der Waals surface area contributed by atoms with Gasteiger partial charge in [-0.25, -0.2) is 8.42 Å². The maximum atomic E-state index is 13.1. The fourth-order valence-electron chi connectivity index (χ4n) is 4.38. The molecule has 1 saturated heterocycles. The van der Waals surface area contributed by atoms with E-state index in [0.717, 1.165) is 18.4 Å². The Morgan fingerprint density at radius 3 is 2.40 bits per heavy atom. The summed E-state index contributed by atoms with van der Waals surface area (Å²) in [6.45, 7) is 1.44. The third-order valence-electron chi connectivity index (χ3n) is 6.02. The number of hydrogen-bond donors (Lipinski definition) is 1. The van der Waals surface area contributed by atoms with Crippen molar-refractivity contribution < 1.29 is 17.9 Å². The van der Waals surface area contributed by atoms with Crippen molar-refractivity contribution in [2.24, 2.45) is 5.92 Å². The van der Waals surface area contributed by atoms with Gasteiger partial charge in [-0.2, -0.15) is 4.31 Å². The van der Waals surface area contributed by atoms with E-state index in [9.17, 15) is 13.2 Å². The molecule has 160 valence electrons. The van der Waals surface area contributed by atoms with Crippen LogP contribution in [0, 0.1) is 5.92 Å². The molecular formula is C23H28N2O4S. The first-order chi connectivity index (χ1) is 14.6. The largest absolute Gasteiger partial charge is 0.379 e. The van der Waals surface area contributed by atoms with Crippen molar-refractivity contribution in [2.75, 3.05) is 26.3 Å². The number of morpholine rings is 1. The van der Waals surface area contributed by atoms with Gasteiger partial charge in [-0.3, -0.25) is 4.79 Å². The highest BCUT2D eigenvalue weighted by Crippen LogP contribution is 2.36. The van der Waals surface area contributed by atoms with Gasteiger partial charge in [0.15, 0.2) is 0 Å². The average molecular weight is 429 g/mol. The summed E-state index contributed by atoms with van der Waals surface area (Å²) in [4.78, 5) is 13.2. The first-order valence-corrected chi connectivity index (χ1v) is 12.0. The molecule has 4 rings (SSSR count). The number of benzene rings is 2. The Labute approximate surface area is 178 Å². The summed E-state index contributed by atoms with van der Waals surface area (Å²) in [5.41, 5.74) is 1.46. The molecule has 6 nitrogen and oxygen atoms in total. The number of ether oxygens (including phenoxy) is 1. The number of nitrogens with zero attached hydrogens (tertiary/aromatic N) is 1. The fourth-order valence-corrected chi connectivity index (χ4v) is 5.84. The SMILES string of the molecule is O=C(NC(c1ccccc1)C1CCCC1)c1cccc(S(=O)(=O)N2CCOCC2)c1. The second-order valence-electron chi connectivity index (χ2n) is 7.95. The van der Waals surface area contributed by atoms with Crippen molar-refractivity contribution in [3.8, 4) is 0 Å². The number of nitrogens with one attached hydrogen (secondary N) is 1. The van der Waals surface area contributed by atoms with E-state index >= 15 is 0 Å². The maximum Gasteiger partial charge on any atom is 0.251 e. The minimum Gasteiger partial charge on any atom is -0.379 e. The molecular weight excluding hydrogens is 400 g/mol. The van der Waals surface area contributed by atoms with E-state index in [0.29, 0.717) is 37.8 Å². The molecule has 1 unspecified atom stereocenters. The maximum absolute atomic E-state index is 13.1. The summed E-state index contributed by atoms with van der Waals surface area (Å²) < 4.78 is 32.6. The van der Waals surface area contributed by atoms with E-state index in [4.69, 9.17) is 4.74 Å². The Hall–Kier alpha value is -2.22. The van der Waals surface area contributed by atoms with Gasteiger partial charge in [-0.05, 0) is 42.5 Å². The molecule has 30 heavy (non-hydrogen) atoms. The van der Waals surface area contributed by atoms with E-state index in [-0.39, 0.29) is 16.8 Å². The van der Waals surface area contributed by atoms with Gasteiger partial charge in [0.1, 0.15) is 0 Å². The van der Waals surface area contributed by atoms with Crippen LogP contribution < -0.4 is 5.32 Å². The average Bonchev–Trinajstić information content (AvgIpc) is 3.33. The van der Waals surface area contributed by atoms with E-state index in [1.54, 1.807) is 18.2 Å². The van der Waals surface area contributed by atoms with Gasteiger partial charge < -0.3 is 10.1 Å². The Kier molecular flexibility index (Phi) is 6.51. The predicted octanol–water partition coefficient (Wildman–Crippen LogP) is 3.37. The molecule has 1 atom stereocenters. The van der Waals surface area contributed by atoms with Gasteiger partial charge in [0, 0.05) is 18.7 Å². The molecule has 2 fully saturated rings. The second-order valence-corrected chi connectivity index (χ2v) is 9.89. The van der Waals surface area contributed by atoms with Gasteiger partial charge in [-0.15, -0.1) is 0 Å². The van der Waals surface area contributed by atoms with Crippen LogP contribution >= 0.6 is 0 Å². The van der Waals surface area contributed by atoms with Crippen molar-refractivity contribution in [1.82, 2.24) is 9.62 Å². The number of hydrogen-bond acceptors (Lipinski definition) is 4. The van der Waals surface area contributed by atoms with E-state index in [1.165, 1.54) is 23.2 Å². The van der Waals surface area contributed by atoms with Crippen LogP contribution in [0.25, 0.3) is 0 Å². The number of rotatable bonds is 6. The van der Waals surface area contributed by atoms with E-state index in [1.807, 2.05) is 30.3 Å². The Morgan fingerprint density at radius 1 is 1.00 bits per heavy atom. The van der Waals surface area contributed by atoms with Gasteiger partial charge >= 0.3 is 0 Å². The Balaban J connectivity index is 1.56. The highest BCUT2D eigenvalue weighted by molar-refractivity contribution is 7.89. The predicted molar refractivity (Wildman–Crippen MR) is 115 cm³/mol. The molecule has 2 aromatic carbocycles. The van der Waals surface area contributed by atoms with E-state index in [2.05, 4.69) is 5.32 Å². The number of sulfonamides is 1. The Morgan fingerprint density at radius 2 is 1.70 bits per heavy atom. The van der Waals surface area contributed by atoms with E-state index < -0.39 is 10.0 Å². The van der Waals surface area contributed by atoms with Crippen LogP contribution in [-0.4, -0.2) is 44.9 Å². The van der Waals surface area contributed by atoms with Crippen LogP contribution in [0.2, 0.25) is 0 Å². The lowest BCUT2D eigenvalue weighted by Gasteiger charge is -2.27. The summed E-state index contributed by atoms with van der Waals surface area (Å²) in [7, 11) is -3.64. The van der Waals surface area contributed by atoms with Crippen LogP contribution in [0.15, 0.2) is 59.5 Å². The normalized spacial score (nSPS) is 19.5. The zero-order valence-corrected chi connectivity index (χ0v) is 17.8. The summed E-state index contributed by atoms with van der Waals surface area (Å²) in [6.07, 6.45) is 4.53. The molecule has 7 heteroatoms. The Bertz CT molecular complexity index is 966. The zero-order valence-electron chi connectivity index (χ0n) is 17.0. The molecule has 0 bridgehead atoms. The first-order valence-electron chi connectivity index (χ1n) is 10.6. The molecule has 1 saturated carbocycles. The summed E-state index contributed by atoms with van der Waals surface area (Å²) in [5.74, 6) is 0.159. The van der Waals surface area contributed by atoms with Crippen molar-refractivity contribution in [3.05, 3.63) is 65.7 Å².